The predicted octanol–water partition coefficient (Wildman–Crippen LogP) is 4.25. The first-order valence-electron chi connectivity index (χ1n) is 10.6. The van der Waals surface area contributed by atoms with E-state index in [1.807, 2.05) is 0 Å². The summed E-state index contributed by atoms with van der Waals surface area (Å²) >= 11 is 0. The Kier molecular flexibility index (Phi) is 6.84. The van der Waals surface area contributed by atoms with Gasteiger partial charge in [-0.15, -0.1) is 0 Å². The molecule has 8 heteroatoms. The number of aliphatic hydroxyl groups excluding tert-OH is 1. The van der Waals surface area contributed by atoms with E-state index in [1.54, 1.807) is 12.1 Å². The highest BCUT2D eigenvalue weighted by Crippen LogP contribution is 2.32. The zero-order valence-electron chi connectivity index (χ0n) is 18.1. The summed E-state index contributed by atoms with van der Waals surface area (Å²) in [7, 11) is 1.38. The molecule has 33 heavy (non-hydrogen) atoms. The van der Waals surface area contributed by atoms with Crippen molar-refractivity contribution in [1.29, 1.82) is 0 Å². The number of methoxy groups -OCH3 is 1. The molecule has 6 nitrogen and oxygen atoms in total. The number of amides is 1. The summed E-state index contributed by atoms with van der Waals surface area (Å²) in [6, 6.07) is 10.3. The van der Waals surface area contributed by atoms with Crippen molar-refractivity contribution in [3.8, 4) is 22.8 Å². The molecule has 0 aliphatic heterocycles. The van der Waals surface area contributed by atoms with Gasteiger partial charge in [0.2, 0.25) is 5.88 Å². The molecule has 0 spiro atoms. The first kappa shape index (κ1) is 22.7. The fourth-order valence-electron chi connectivity index (χ4n) is 3.47. The molecule has 0 radical (unpaired) electrons. The van der Waals surface area contributed by atoms with Crippen LogP contribution in [0.2, 0.25) is 0 Å². The van der Waals surface area contributed by atoms with Crippen molar-refractivity contribution < 1.29 is 28.2 Å². The van der Waals surface area contributed by atoms with Gasteiger partial charge < -0.3 is 19.9 Å². The molecule has 4 rings (SSSR count). The number of rotatable bonds is 9. The molecule has 3 aromatic rings. The first-order chi connectivity index (χ1) is 16.0. The van der Waals surface area contributed by atoms with Crippen LogP contribution in [0.4, 0.5) is 8.78 Å². The second kappa shape index (κ2) is 9.95. The number of carbonyl (C=O) groups excluding carboxylic acids is 1. The molecule has 1 amide bonds. The van der Waals surface area contributed by atoms with Crippen LogP contribution in [0.25, 0.3) is 11.1 Å². The number of benzene rings is 2. The van der Waals surface area contributed by atoms with Gasteiger partial charge >= 0.3 is 0 Å². The molecular formula is C25H24F2N2O4. The molecule has 2 aromatic carbocycles. The maximum Gasteiger partial charge on any atom is 0.257 e. The number of halogens is 2. The summed E-state index contributed by atoms with van der Waals surface area (Å²) in [5.74, 6) is -0.855. The van der Waals surface area contributed by atoms with Gasteiger partial charge in [0.25, 0.3) is 5.91 Å². The minimum absolute atomic E-state index is 0.0631. The normalized spacial score (nSPS) is 13.0. The van der Waals surface area contributed by atoms with Gasteiger partial charge in [-0.1, -0.05) is 18.2 Å². The molecular weight excluding hydrogens is 430 g/mol. The van der Waals surface area contributed by atoms with Gasteiger partial charge in [0.1, 0.15) is 11.4 Å². The van der Waals surface area contributed by atoms with Crippen LogP contribution in [0.1, 0.15) is 34.3 Å². The fourth-order valence-corrected chi connectivity index (χ4v) is 3.47. The van der Waals surface area contributed by atoms with Crippen LogP contribution in [0.3, 0.4) is 0 Å². The van der Waals surface area contributed by atoms with Gasteiger partial charge in [-0.05, 0) is 54.2 Å². The predicted molar refractivity (Wildman–Crippen MR) is 118 cm³/mol. The molecule has 1 aromatic heterocycles. The number of nitrogens with one attached hydrogen (secondary N) is 1. The van der Waals surface area contributed by atoms with E-state index in [2.05, 4.69) is 10.3 Å². The largest absolute Gasteiger partial charge is 0.494 e. The van der Waals surface area contributed by atoms with Crippen LogP contribution in [0.5, 0.6) is 11.6 Å². The topological polar surface area (TPSA) is 80.7 Å². The van der Waals surface area contributed by atoms with E-state index in [-0.39, 0.29) is 35.9 Å². The number of pyridine rings is 1. The number of carbonyl (C=O) groups is 1. The maximum absolute atomic E-state index is 14.6. The van der Waals surface area contributed by atoms with Gasteiger partial charge in [-0.3, -0.25) is 4.79 Å². The van der Waals surface area contributed by atoms with Crippen molar-refractivity contribution >= 4 is 5.91 Å². The number of hydrogen-bond acceptors (Lipinski definition) is 5. The summed E-state index contributed by atoms with van der Waals surface area (Å²) in [6.45, 7) is 0.142. The van der Waals surface area contributed by atoms with E-state index in [0.717, 1.165) is 12.8 Å². The molecule has 0 saturated heterocycles. The Balaban J connectivity index is 1.61. The Morgan fingerprint density at radius 1 is 1.18 bits per heavy atom. The summed E-state index contributed by atoms with van der Waals surface area (Å²) in [4.78, 5) is 17.3. The molecule has 2 N–H and O–H groups in total. The second-order valence-electron chi connectivity index (χ2n) is 7.91. The highest BCUT2D eigenvalue weighted by atomic mass is 19.1. The first-order valence-corrected chi connectivity index (χ1v) is 10.6. The van der Waals surface area contributed by atoms with Crippen LogP contribution in [-0.2, 0) is 13.2 Å². The Morgan fingerprint density at radius 2 is 2.00 bits per heavy atom. The van der Waals surface area contributed by atoms with Crippen LogP contribution in [0.15, 0.2) is 48.7 Å². The summed E-state index contributed by atoms with van der Waals surface area (Å²) in [6.07, 6.45) is 3.56. The third-order valence-corrected chi connectivity index (χ3v) is 5.48. The summed E-state index contributed by atoms with van der Waals surface area (Å²) in [5.41, 5.74) is 1.57. The van der Waals surface area contributed by atoms with E-state index in [0.29, 0.717) is 29.2 Å². The van der Waals surface area contributed by atoms with Crippen LogP contribution >= 0.6 is 0 Å². The molecule has 1 saturated carbocycles. The minimum Gasteiger partial charge on any atom is -0.494 e. The third kappa shape index (κ3) is 5.28. The Bertz CT molecular complexity index is 1170. The SMILES string of the molecule is COc1ccc(CNC(=O)c2cc(-c3c(F)cccc3CO)cnc2OCC2CC2)cc1F. The number of nitrogens with zero attached hydrogens (tertiary/aromatic N) is 1. The molecule has 0 atom stereocenters. The molecule has 1 aliphatic rings. The zero-order valence-corrected chi connectivity index (χ0v) is 18.1. The van der Waals surface area contributed by atoms with E-state index in [9.17, 15) is 18.7 Å². The molecule has 1 fully saturated rings. The van der Waals surface area contributed by atoms with Crippen LogP contribution in [-0.4, -0.2) is 29.7 Å². The van der Waals surface area contributed by atoms with E-state index in [1.165, 1.54) is 43.6 Å². The zero-order chi connectivity index (χ0) is 23.4. The maximum atomic E-state index is 14.6. The second-order valence-corrected chi connectivity index (χ2v) is 7.91. The molecule has 0 unspecified atom stereocenters. The van der Waals surface area contributed by atoms with Crippen molar-refractivity contribution in [1.82, 2.24) is 10.3 Å². The van der Waals surface area contributed by atoms with Gasteiger partial charge in [-0.25, -0.2) is 13.8 Å². The highest BCUT2D eigenvalue weighted by Gasteiger charge is 2.24. The van der Waals surface area contributed by atoms with Gasteiger partial charge in [0.05, 0.1) is 20.3 Å². The van der Waals surface area contributed by atoms with Crippen LogP contribution in [0, 0.1) is 17.6 Å². The van der Waals surface area contributed by atoms with Gasteiger partial charge in [-0.2, -0.15) is 0 Å². The number of hydrogen-bond donors (Lipinski definition) is 2. The van der Waals surface area contributed by atoms with E-state index >= 15 is 0 Å². The van der Waals surface area contributed by atoms with Gasteiger partial charge in [0.15, 0.2) is 11.6 Å². The quantitative estimate of drug-likeness (QED) is 0.505. The highest BCUT2D eigenvalue weighted by molar-refractivity contribution is 5.97. The van der Waals surface area contributed by atoms with Crippen molar-refractivity contribution in [2.45, 2.75) is 26.0 Å². The number of ether oxygens (including phenoxy) is 2. The lowest BCUT2D eigenvalue weighted by atomic mass is 9.99. The smallest absolute Gasteiger partial charge is 0.257 e. The fraction of sp³-hybridized carbons (Fsp3) is 0.280. The average Bonchev–Trinajstić information content (AvgIpc) is 3.65. The Labute approximate surface area is 190 Å². The van der Waals surface area contributed by atoms with Crippen molar-refractivity contribution in [2.24, 2.45) is 5.92 Å². The van der Waals surface area contributed by atoms with Crippen LogP contribution < -0.4 is 14.8 Å². The average molecular weight is 454 g/mol. The Hall–Kier alpha value is -3.52. The lowest BCUT2D eigenvalue weighted by molar-refractivity contribution is 0.0945. The standard InChI is InChI=1S/C25H24F2N2O4/c1-32-22-8-7-16(9-21(22)27)11-28-24(31)19-10-18(12-29-25(19)33-14-15-5-6-15)23-17(13-30)3-2-4-20(23)26/h2-4,7-10,12,15,30H,5-6,11,13-14H2,1H3,(H,28,31). The number of aromatic nitrogens is 1. The third-order valence-electron chi connectivity index (χ3n) is 5.48. The lowest BCUT2D eigenvalue weighted by Gasteiger charge is -2.14. The van der Waals surface area contributed by atoms with E-state index < -0.39 is 17.5 Å². The number of aliphatic hydroxyl groups is 1. The molecule has 1 heterocycles. The lowest BCUT2D eigenvalue weighted by Crippen LogP contribution is -2.24. The molecule has 1 aliphatic carbocycles. The summed E-state index contributed by atoms with van der Waals surface area (Å²) < 4.78 is 39.2. The van der Waals surface area contributed by atoms with Crippen molar-refractivity contribution in [3.63, 3.8) is 0 Å². The van der Waals surface area contributed by atoms with Crippen molar-refractivity contribution in [2.75, 3.05) is 13.7 Å². The van der Waals surface area contributed by atoms with Gasteiger partial charge in [0, 0.05) is 23.9 Å². The molecule has 172 valence electrons. The van der Waals surface area contributed by atoms with E-state index in [4.69, 9.17) is 9.47 Å². The Morgan fingerprint density at radius 3 is 2.70 bits per heavy atom. The molecule has 0 bridgehead atoms. The summed E-state index contributed by atoms with van der Waals surface area (Å²) in [5, 5.41) is 12.4. The minimum atomic E-state index is -0.532. The monoisotopic (exact) mass is 454 g/mol. The van der Waals surface area contributed by atoms with Crippen molar-refractivity contribution in [3.05, 3.63) is 77.0 Å².